The number of benzene rings is 2. The second-order valence-electron chi connectivity index (χ2n) is 5.76. The van der Waals surface area contributed by atoms with Gasteiger partial charge in [-0.1, -0.05) is 6.07 Å². The fourth-order valence-corrected chi connectivity index (χ4v) is 2.72. The predicted octanol–water partition coefficient (Wildman–Crippen LogP) is 3.87. The molecule has 0 aliphatic rings. The zero-order chi connectivity index (χ0) is 19.1. The predicted molar refractivity (Wildman–Crippen MR) is 97.5 cm³/mol. The van der Waals surface area contributed by atoms with Crippen LogP contribution in [0.15, 0.2) is 36.4 Å². The molecule has 140 valence electrons. The molecule has 1 unspecified atom stereocenters. The number of ether oxygens (including phenoxy) is 4. The molecule has 0 amide bonds. The fourth-order valence-electron chi connectivity index (χ4n) is 2.72. The van der Waals surface area contributed by atoms with Crippen molar-refractivity contribution in [3.8, 4) is 17.2 Å². The SMILES string of the molecule is COc1ccc(C(CCOc2ccc(C(=O)O)c(C)c2)OC)cc1OC. The highest BCUT2D eigenvalue weighted by molar-refractivity contribution is 5.89. The van der Waals surface area contributed by atoms with E-state index < -0.39 is 5.97 Å². The van der Waals surface area contributed by atoms with E-state index in [1.165, 1.54) is 0 Å². The van der Waals surface area contributed by atoms with Crippen molar-refractivity contribution in [2.24, 2.45) is 0 Å². The van der Waals surface area contributed by atoms with E-state index in [1.807, 2.05) is 18.2 Å². The van der Waals surface area contributed by atoms with Gasteiger partial charge in [0.05, 0.1) is 32.5 Å². The number of hydrogen-bond donors (Lipinski definition) is 1. The molecular formula is C20H24O6. The van der Waals surface area contributed by atoms with Crippen LogP contribution in [0.2, 0.25) is 0 Å². The average Bonchev–Trinajstić information content (AvgIpc) is 2.64. The smallest absolute Gasteiger partial charge is 0.335 e. The van der Waals surface area contributed by atoms with Crippen LogP contribution < -0.4 is 14.2 Å². The van der Waals surface area contributed by atoms with Gasteiger partial charge >= 0.3 is 5.97 Å². The standard InChI is InChI=1S/C20H24O6/c1-13-11-15(6-7-16(13)20(21)22)26-10-9-17(23-2)14-5-8-18(24-3)19(12-14)25-4/h5-8,11-12,17H,9-10H2,1-4H3,(H,21,22). The van der Waals surface area contributed by atoms with Gasteiger partial charge in [0.2, 0.25) is 0 Å². The van der Waals surface area contributed by atoms with Crippen molar-refractivity contribution in [2.45, 2.75) is 19.4 Å². The molecule has 6 nitrogen and oxygen atoms in total. The van der Waals surface area contributed by atoms with Crippen LogP contribution in [0.25, 0.3) is 0 Å². The minimum atomic E-state index is -0.943. The Balaban J connectivity index is 2.01. The number of hydrogen-bond acceptors (Lipinski definition) is 5. The Morgan fingerprint density at radius 2 is 1.77 bits per heavy atom. The molecule has 26 heavy (non-hydrogen) atoms. The molecule has 0 aliphatic carbocycles. The van der Waals surface area contributed by atoms with Crippen molar-refractivity contribution < 1.29 is 28.8 Å². The van der Waals surface area contributed by atoms with Gasteiger partial charge in [-0.3, -0.25) is 0 Å². The van der Waals surface area contributed by atoms with Crippen molar-refractivity contribution in [3.05, 3.63) is 53.1 Å². The van der Waals surface area contributed by atoms with Crippen molar-refractivity contribution in [2.75, 3.05) is 27.9 Å². The molecular weight excluding hydrogens is 336 g/mol. The summed E-state index contributed by atoms with van der Waals surface area (Å²) >= 11 is 0. The first-order valence-electron chi connectivity index (χ1n) is 8.21. The highest BCUT2D eigenvalue weighted by Gasteiger charge is 2.14. The lowest BCUT2D eigenvalue weighted by Gasteiger charge is -2.18. The van der Waals surface area contributed by atoms with E-state index in [0.717, 1.165) is 5.56 Å². The molecule has 2 aromatic rings. The third-order valence-electron chi connectivity index (χ3n) is 4.14. The van der Waals surface area contributed by atoms with Crippen LogP contribution >= 0.6 is 0 Å². The summed E-state index contributed by atoms with van der Waals surface area (Å²) in [5.41, 5.74) is 1.90. The highest BCUT2D eigenvalue weighted by Crippen LogP contribution is 2.32. The number of aryl methyl sites for hydroxylation is 1. The summed E-state index contributed by atoms with van der Waals surface area (Å²) in [6, 6.07) is 10.6. The fraction of sp³-hybridized carbons (Fsp3) is 0.350. The molecule has 0 radical (unpaired) electrons. The van der Waals surface area contributed by atoms with Crippen molar-refractivity contribution >= 4 is 5.97 Å². The molecule has 0 fully saturated rings. The van der Waals surface area contributed by atoms with Crippen molar-refractivity contribution in [3.63, 3.8) is 0 Å². The minimum Gasteiger partial charge on any atom is -0.493 e. The topological polar surface area (TPSA) is 74.2 Å². The van der Waals surface area contributed by atoms with E-state index in [4.69, 9.17) is 24.1 Å². The molecule has 0 spiro atoms. The van der Waals surface area contributed by atoms with E-state index in [2.05, 4.69) is 0 Å². The summed E-state index contributed by atoms with van der Waals surface area (Å²) < 4.78 is 21.9. The molecule has 2 aromatic carbocycles. The maximum absolute atomic E-state index is 11.1. The monoisotopic (exact) mass is 360 g/mol. The minimum absolute atomic E-state index is 0.158. The second kappa shape index (κ2) is 9.10. The summed E-state index contributed by atoms with van der Waals surface area (Å²) in [6.07, 6.45) is 0.473. The molecule has 0 heterocycles. The quantitative estimate of drug-likeness (QED) is 0.732. The van der Waals surface area contributed by atoms with Gasteiger partial charge in [-0.25, -0.2) is 4.79 Å². The Morgan fingerprint density at radius 1 is 1.04 bits per heavy atom. The van der Waals surface area contributed by atoms with E-state index in [1.54, 1.807) is 46.5 Å². The highest BCUT2D eigenvalue weighted by atomic mass is 16.5. The summed E-state index contributed by atoms with van der Waals surface area (Å²) in [7, 11) is 4.83. The first-order valence-corrected chi connectivity index (χ1v) is 8.21. The van der Waals surface area contributed by atoms with Gasteiger partial charge in [0.25, 0.3) is 0 Å². The van der Waals surface area contributed by atoms with E-state index >= 15 is 0 Å². The first-order chi connectivity index (χ1) is 12.5. The molecule has 0 bridgehead atoms. The maximum Gasteiger partial charge on any atom is 0.335 e. The van der Waals surface area contributed by atoms with Crippen LogP contribution in [0.3, 0.4) is 0 Å². The molecule has 0 aromatic heterocycles. The largest absolute Gasteiger partial charge is 0.493 e. The Bertz CT molecular complexity index is 756. The van der Waals surface area contributed by atoms with Crippen LogP contribution in [0.1, 0.15) is 34.0 Å². The van der Waals surface area contributed by atoms with Crippen LogP contribution in [0, 0.1) is 6.92 Å². The molecule has 1 N–H and O–H groups in total. The number of aromatic carboxylic acids is 1. The lowest BCUT2D eigenvalue weighted by atomic mass is 10.1. The second-order valence-corrected chi connectivity index (χ2v) is 5.76. The Morgan fingerprint density at radius 3 is 2.35 bits per heavy atom. The maximum atomic E-state index is 11.1. The molecule has 0 aliphatic heterocycles. The zero-order valence-electron chi connectivity index (χ0n) is 15.4. The van der Waals surface area contributed by atoms with Crippen molar-refractivity contribution in [1.29, 1.82) is 0 Å². The van der Waals surface area contributed by atoms with Crippen LogP contribution in [-0.2, 0) is 4.74 Å². The summed E-state index contributed by atoms with van der Waals surface area (Å²) in [5, 5.41) is 9.07. The number of methoxy groups -OCH3 is 3. The number of carbonyl (C=O) groups is 1. The summed E-state index contributed by atoms with van der Waals surface area (Å²) in [4.78, 5) is 11.1. The third-order valence-corrected chi connectivity index (χ3v) is 4.14. The van der Waals surface area contributed by atoms with Gasteiger partial charge in [0, 0.05) is 13.5 Å². The lowest BCUT2D eigenvalue weighted by molar-refractivity contribution is 0.0696. The van der Waals surface area contributed by atoms with Crippen LogP contribution in [0.5, 0.6) is 17.2 Å². The van der Waals surface area contributed by atoms with Crippen LogP contribution in [-0.4, -0.2) is 39.0 Å². The summed E-state index contributed by atoms with van der Waals surface area (Å²) in [5.74, 6) is 1.00. The Hall–Kier alpha value is -2.73. The zero-order valence-corrected chi connectivity index (χ0v) is 15.4. The van der Waals surface area contributed by atoms with Crippen molar-refractivity contribution in [1.82, 2.24) is 0 Å². The Labute approximate surface area is 153 Å². The van der Waals surface area contributed by atoms with Crippen LogP contribution in [0.4, 0.5) is 0 Å². The van der Waals surface area contributed by atoms with Gasteiger partial charge in [-0.15, -0.1) is 0 Å². The molecule has 0 saturated carbocycles. The number of rotatable bonds is 9. The average molecular weight is 360 g/mol. The molecule has 6 heteroatoms. The Kier molecular flexibility index (Phi) is 6.86. The van der Waals surface area contributed by atoms with E-state index in [9.17, 15) is 4.79 Å². The van der Waals surface area contributed by atoms with Gasteiger partial charge < -0.3 is 24.1 Å². The molecule has 1 atom stereocenters. The van der Waals surface area contributed by atoms with E-state index in [-0.39, 0.29) is 11.7 Å². The summed E-state index contributed by atoms with van der Waals surface area (Å²) in [6.45, 7) is 2.18. The van der Waals surface area contributed by atoms with E-state index in [0.29, 0.717) is 35.8 Å². The van der Waals surface area contributed by atoms with Gasteiger partial charge in [-0.05, 0) is 48.4 Å². The van der Waals surface area contributed by atoms with Gasteiger partial charge in [0.1, 0.15) is 5.75 Å². The van der Waals surface area contributed by atoms with Gasteiger partial charge in [0.15, 0.2) is 11.5 Å². The lowest BCUT2D eigenvalue weighted by Crippen LogP contribution is -2.09. The normalized spacial score (nSPS) is 11.7. The molecule has 2 rings (SSSR count). The third kappa shape index (κ3) is 4.67. The molecule has 0 saturated heterocycles. The number of carboxylic acid groups (broad SMARTS) is 1. The number of carboxylic acids is 1. The van der Waals surface area contributed by atoms with Gasteiger partial charge in [-0.2, -0.15) is 0 Å². The first kappa shape index (κ1) is 19.6.